The van der Waals surface area contributed by atoms with Gasteiger partial charge in [0.25, 0.3) is 0 Å². The standard InChI is InChI=1S/C29H31ClO6/c1-29(15-20-4-2-3-5-25(20)36-29)17-34-22-9-6-18(7-10-22)12-21-13-19(8-11-23(21)30)26-14-24(32)28(33)27(16-31)35-26/h2-11,13,24,26-28,31-33H,12,14-17H2,1H3/t24-,26-,27-,28+,29?/m1/s1. The SMILES string of the molecule is CC1(COc2ccc(Cc3cc([C@H]4C[C@@H](O)[C@H](O)[C@@H](CO)O4)ccc3Cl)cc2)Cc2ccccc2O1. The third-order valence-electron chi connectivity index (χ3n) is 6.95. The first-order chi connectivity index (χ1) is 17.3. The molecule has 0 aromatic heterocycles. The molecule has 0 amide bonds. The first kappa shape index (κ1) is 25.1. The Labute approximate surface area is 216 Å². The van der Waals surface area contributed by atoms with Crippen molar-refractivity contribution >= 4 is 11.6 Å². The van der Waals surface area contributed by atoms with Crippen LogP contribution in [0.1, 0.15) is 41.7 Å². The zero-order valence-electron chi connectivity index (χ0n) is 20.1. The van der Waals surface area contributed by atoms with Gasteiger partial charge in [0.15, 0.2) is 0 Å². The van der Waals surface area contributed by atoms with Gasteiger partial charge in [0.1, 0.15) is 35.9 Å². The number of para-hydroxylation sites is 1. The second kappa shape index (κ2) is 10.4. The van der Waals surface area contributed by atoms with Crippen LogP contribution in [0.4, 0.5) is 0 Å². The molecule has 1 unspecified atom stereocenters. The number of hydrogen-bond donors (Lipinski definition) is 3. The zero-order valence-corrected chi connectivity index (χ0v) is 20.9. The van der Waals surface area contributed by atoms with Gasteiger partial charge in [0, 0.05) is 17.9 Å². The molecule has 0 saturated carbocycles. The first-order valence-corrected chi connectivity index (χ1v) is 12.6. The van der Waals surface area contributed by atoms with E-state index in [2.05, 4.69) is 13.0 Å². The van der Waals surface area contributed by atoms with E-state index in [-0.39, 0.29) is 13.0 Å². The van der Waals surface area contributed by atoms with Crippen molar-refractivity contribution in [2.75, 3.05) is 13.2 Å². The fourth-order valence-electron chi connectivity index (χ4n) is 4.94. The van der Waals surface area contributed by atoms with Crippen molar-refractivity contribution in [3.05, 3.63) is 94.0 Å². The monoisotopic (exact) mass is 510 g/mol. The molecule has 0 radical (unpaired) electrons. The van der Waals surface area contributed by atoms with Gasteiger partial charge >= 0.3 is 0 Å². The smallest absolute Gasteiger partial charge is 0.144 e. The van der Waals surface area contributed by atoms with Gasteiger partial charge in [-0.05, 0) is 59.9 Å². The number of halogens is 1. The maximum absolute atomic E-state index is 10.2. The predicted octanol–water partition coefficient (Wildman–Crippen LogP) is 4.25. The molecular formula is C29H31ClO6. The van der Waals surface area contributed by atoms with Gasteiger partial charge < -0.3 is 29.5 Å². The fourth-order valence-corrected chi connectivity index (χ4v) is 5.13. The Bertz CT molecular complexity index is 1170. The second-order valence-electron chi connectivity index (χ2n) is 9.94. The van der Waals surface area contributed by atoms with E-state index in [9.17, 15) is 15.3 Å². The average Bonchev–Trinajstić information content (AvgIpc) is 3.23. The molecule has 2 aliphatic rings. The topological polar surface area (TPSA) is 88.4 Å². The van der Waals surface area contributed by atoms with Gasteiger partial charge in [0.05, 0.1) is 18.8 Å². The lowest BCUT2D eigenvalue weighted by molar-refractivity contribution is -0.181. The molecule has 3 aromatic rings. The third kappa shape index (κ3) is 5.38. The zero-order chi connectivity index (χ0) is 25.3. The summed E-state index contributed by atoms with van der Waals surface area (Å²) in [6.45, 7) is 2.16. The molecule has 190 valence electrons. The third-order valence-corrected chi connectivity index (χ3v) is 7.32. The Kier molecular flexibility index (Phi) is 7.24. The minimum Gasteiger partial charge on any atom is -0.489 e. The molecule has 0 aliphatic carbocycles. The number of rotatable bonds is 7. The number of aliphatic hydroxyl groups is 3. The highest BCUT2D eigenvalue weighted by molar-refractivity contribution is 6.31. The summed E-state index contributed by atoms with van der Waals surface area (Å²) >= 11 is 6.49. The second-order valence-corrected chi connectivity index (χ2v) is 10.3. The van der Waals surface area contributed by atoms with Crippen LogP contribution in [0.5, 0.6) is 11.5 Å². The fraction of sp³-hybridized carbons (Fsp3) is 0.379. The minimum atomic E-state index is -1.10. The van der Waals surface area contributed by atoms with Crippen molar-refractivity contribution in [1.82, 2.24) is 0 Å². The predicted molar refractivity (Wildman–Crippen MR) is 137 cm³/mol. The number of benzene rings is 3. The van der Waals surface area contributed by atoms with E-state index in [1.807, 2.05) is 60.7 Å². The Hall–Kier alpha value is -2.61. The summed E-state index contributed by atoms with van der Waals surface area (Å²) in [6.07, 6.45) is -1.64. The highest BCUT2D eigenvalue weighted by Crippen LogP contribution is 2.36. The van der Waals surface area contributed by atoms with Crippen molar-refractivity contribution < 1.29 is 29.5 Å². The average molecular weight is 511 g/mol. The van der Waals surface area contributed by atoms with Crippen LogP contribution >= 0.6 is 11.6 Å². The van der Waals surface area contributed by atoms with Crippen LogP contribution < -0.4 is 9.47 Å². The summed E-state index contributed by atoms with van der Waals surface area (Å²) in [7, 11) is 0. The van der Waals surface area contributed by atoms with Crippen LogP contribution in [-0.4, -0.2) is 52.4 Å². The first-order valence-electron chi connectivity index (χ1n) is 12.2. The van der Waals surface area contributed by atoms with Crippen molar-refractivity contribution in [3.63, 3.8) is 0 Å². The lowest BCUT2D eigenvalue weighted by Crippen LogP contribution is -2.47. The number of aliphatic hydroxyl groups excluding tert-OH is 3. The lowest BCUT2D eigenvalue weighted by atomic mass is 9.92. The van der Waals surface area contributed by atoms with Gasteiger partial charge in [-0.1, -0.05) is 54.1 Å². The molecular weight excluding hydrogens is 480 g/mol. The van der Waals surface area contributed by atoms with E-state index in [1.165, 1.54) is 5.56 Å². The van der Waals surface area contributed by atoms with Crippen LogP contribution in [0.3, 0.4) is 0 Å². The lowest BCUT2D eigenvalue weighted by Gasteiger charge is -2.36. The molecule has 0 spiro atoms. The summed E-state index contributed by atoms with van der Waals surface area (Å²) in [5.74, 6) is 1.70. The molecule has 6 nitrogen and oxygen atoms in total. The summed E-state index contributed by atoms with van der Waals surface area (Å²) in [5, 5.41) is 30.3. The maximum Gasteiger partial charge on any atom is 0.144 e. The maximum atomic E-state index is 10.2. The highest BCUT2D eigenvalue weighted by Gasteiger charge is 2.37. The molecule has 0 bridgehead atoms. The Morgan fingerprint density at radius 1 is 1.06 bits per heavy atom. The molecule has 5 atom stereocenters. The molecule has 1 saturated heterocycles. The van der Waals surface area contributed by atoms with Crippen LogP contribution in [-0.2, 0) is 17.6 Å². The van der Waals surface area contributed by atoms with E-state index < -0.39 is 30.0 Å². The van der Waals surface area contributed by atoms with Gasteiger partial charge in [-0.2, -0.15) is 0 Å². The summed E-state index contributed by atoms with van der Waals surface area (Å²) in [6, 6.07) is 21.7. The molecule has 3 N–H and O–H groups in total. The van der Waals surface area contributed by atoms with Gasteiger partial charge in [0.2, 0.25) is 0 Å². The summed E-state index contributed by atoms with van der Waals surface area (Å²) in [4.78, 5) is 0. The van der Waals surface area contributed by atoms with E-state index >= 15 is 0 Å². The molecule has 1 fully saturated rings. The molecule has 2 aliphatic heterocycles. The number of hydrogen-bond acceptors (Lipinski definition) is 6. The summed E-state index contributed by atoms with van der Waals surface area (Å²) in [5.41, 5.74) is 3.66. The molecule has 5 rings (SSSR count). The molecule has 36 heavy (non-hydrogen) atoms. The van der Waals surface area contributed by atoms with E-state index in [4.69, 9.17) is 25.8 Å². The van der Waals surface area contributed by atoms with Crippen LogP contribution in [0.25, 0.3) is 0 Å². The van der Waals surface area contributed by atoms with Crippen molar-refractivity contribution in [2.24, 2.45) is 0 Å². The number of fused-ring (bicyclic) bond motifs is 1. The highest BCUT2D eigenvalue weighted by atomic mass is 35.5. The van der Waals surface area contributed by atoms with Crippen LogP contribution in [0.2, 0.25) is 5.02 Å². The Morgan fingerprint density at radius 2 is 1.83 bits per heavy atom. The van der Waals surface area contributed by atoms with Crippen LogP contribution in [0, 0.1) is 0 Å². The van der Waals surface area contributed by atoms with Gasteiger partial charge in [-0.25, -0.2) is 0 Å². The van der Waals surface area contributed by atoms with E-state index in [1.54, 1.807) is 0 Å². The molecule has 7 heteroatoms. The van der Waals surface area contributed by atoms with Gasteiger partial charge in [-0.15, -0.1) is 0 Å². The van der Waals surface area contributed by atoms with Crippen molar-refractivity contribution in [3.8, 4) is 11.5 Å². The van der Waals surface area contributed by atoms with Crippen molar-refractivity contribution in [1.29, 1.82) is 0 Å². The molecule has 3 aromatic carbocycles. The van der Waals surface area contributed by atoms with Gasteiger partial charge in [-0.3, -0.25) is 0 Å². The Balaban J connectivity index is 1.22. The minimum absolute atomic E-state index is 0.249. The molecule has 2 heterocycles. The van der Waals surface area contributed by atoms with Crippen molar-refractivity contribution in [2.45, 2.75) is 56.2 Å². The summed E-state index contributed by atoms with van der Waals surface area (Å²) < 4.78 is 18.0. The number of ether oxygens (including phenoxy) is 3. The largest absolute Gasteiger partial charge is 0.489 e. The normalized spacial score (nSPS) is 27.4. The quantitative estimate of drug-likeness (QED) is 0.440. The Morgan fingerprint density at radius 3 is 2.58 bits per heavy atom. The van der Waals surface area contributed by atoms with Crippen LogP contribution in [0.15, 0.2) is 66.7 Å². The van der Waals surface area contributed by atoms with E-state index in [0.29, 0.717) is 18.1 Å². The van der Waals surface area contributed by atoms with E-state index in [0.717, 1.165) is 34.6 Å².